The number of aromatic nitrogens is 1. The molecule has 0 N–H and O–H groups in total. The predicted molar refractivity (Wildman–Crippen MR) is 88.4 cm³/mol. The summed E-state index contributed by atoms with van der Waals surface area (Å²) >= 11 is 1.93. The third-order valence-corrected chi connectivity index (χ3v) is 4.60. The van der Waals surface area contributed by atoms with Crippen LogP contribution in [0, 0.1) is 0 Å². The van der Waals surface area contributed by atoms with Crippen LogP contribution in [0.3, 0.4) is 0 Å². The van der Waals surface area contributed by atoms with Crippen LogP contribution in [0.5, 0.6) is 0 Å². The standard InChI is InChI=1S/C17H20N2OS/c1-2-21-13-15-12-17(16-10-6-7-11-18-16)19(20-15)14-8-4-3-5-9-14/h3-11,15,17H,2,12-13H2,1H3. The van der Waals surface area contributed by atoms with Gasteiger partial charge in [0, 0.05) is 18.4 Å². The Hall–Kier alpha value is -1.52. The van der Waals surface area contributed by atoms with Crippen LogP contribution in [-0.4, -0.2) is 22.6 Å². The number of hydrogen-bond donors (Lipinski definition) is 0. The summed E-state index contributed by atoms with van der Waals surface area (Å²) in [6.45, 7) is 2.19. The summed E-state index contributed by atoms with van der Waals surface area (Å²) in [5, 5.41) is 2.03. The summed E-state index contributed by atoms with van der Waals surface area (Å²) in [7, 11) is 0. The highest BCUT2D eigenvalue weighted by atomic mass is 32.2. The lowest BCUT2D eigenvalue weighted by Gasteiger charge is -2.24. The summed E-state index contributed by atoms with van der Waals surface area (Å²) < 4.78 is 0. The van der Waals surface area contributed by atoms with E-state index in [-0.39, 0.29) is 12.1 Å². The molecule has 1 aromatic heterocycles. The molecule has 0 amide bonds. The van der Waals surface area contributed by atoms with Crippen molar-refractivity contribution in [3.63, 3.8) is 0 Å². The van der Waals surface area contributed by atoms with Crippen LogP contribution in [-0.2, 0) is 4.84 Å². The van der Waals surface area contributed by atoms with Crippen molar-refractivity contribution in [2.75, 3.05) is 16.6 Å². The number of anilines is 1. The molecule has 2 aromatic rings. The molecule has 2 heterocycles. The molecule has 1 saturated heterocycles. The molecule has 0 aliphatic carbocycles. The van der Waals surface area contributed by atoms with E-state index >= 15 is 0 Å². The first-order valence-electron chi connectivity index (χ1n) is 7.38. The molecule has 1 aliphatic rings. The number of benzene rings is 1. The molecule has 2 atom stereocenters. The molecule has 0 spiro atoms. The van der Waals surface area contributed by atoms with Gasteiger partial charge >= 0.3 is 0 Å². The Morgan fingerprint density at radius 3 is 2.71 bits per heavy atom. The second-order valence-corrected chi connectivity index (χ2v) is 6.37. The second kappa shape index (κ2) is 6.96. The summed E-state index contributed by atoms with van der Waals surface area (Å²) in [6, 6.07) is 16.6. The molecule has 0 bridgehead atoms. The molecule has 3 nitrogen and oxygen atoms in total. The van der Waals surface area contributed by atoms with Gasteiger partial charge in [-0.2, -0.15) is 11.8 Å². The highest BCUT2D eigenvalue weighted by Gasteiger charge is 2.35. The minimum absolute atomic E-state index is 0.191. The van der Waals surface area contributed by atoms with Gasteiger partial charge in [0.15, 0.2) is 0 Å². The summed E-state index contributed by atoms with van der Waals surface area (Å²) in [5.41, 5.74) is 2.17. The van der Waals surface area contributed by atoms with Crippen LogP contribution in [0.2, 0.25) is 0 Å². The van der Waals surface area contributed by atoms with E-state index in [9.17, 15) is 0 Å². The van der Waals surface area contributed by atoms with Crippen molar-refractivity contribution < 1.29 is 4.84 Å². The first-order valence-corrected chi connectivity index (χ1v) is 8.53. The molecule has 0 saturated carbocycles. The summed E-state index contributed by atoms with van der Waals surface area (Å²) in [4.78, 5) is 10.7. The van der Waals surface area contributed by atoms with Gasteiger partial charge in [-0.25, -0.2) is 5.06 Å². The molecule has 110 valence electrons. The minimum atomic E-state index is 0.191. The normalized spacial score (nSPS) is 21.7. The van der Waals surface area contributed by atoms with Crippen LogP contribution in [0.1, 0.15) is 25.1 Å². The lowest BCUT2D eigenvalue weighted by Crippen LogP contribution is -2.22. The zero-order valence-electron chi connectivity index (χ0n) is 12.2. The van der Waals surface area contributed by atoms with Gasteiger partial charge in [-0.1, -0.05) is 31.2 Å². The zero-order valence-corrected chi connectivity index (χ0v) is 13.0. The monoisotopic (exact) mass is 300 g/mol. The van der Waals surface area contributed by atoms with Crippen molar-refractivity contribution in [3.8, 4) is 0 Å². The molecule has 4 heteroatoms. The van der Waals surface area contributed by atoms with Crippen LogP contribution in [0.4, 0.5) is 5.69 Å². The van der Waals surface area contributed by atoms with Gasteiger partial charge in [-0.05, 0) is 30.0 Å². The first-order chi connectivity index (χ1) is 10.4. The molecule has 2 unspecified atom stereocenters. The summed E-state index contributed by atoms with van der Waals surface area (Å²) in [5.74, 6) is 2.16. The van der Waals surface area contributed by atoms with Gasteiger partial charge in [0.05, 0.1) is 17.5 Å². The molecule has 3 rings (SSSR count). The number of nitrogens with zero attached hydrogens (tertiary/aromatic N) is 2. The predicted octanol–water partition coefficient (Wildman–Crippen LogP) is 4.09. The Bertz CT molecular complexity index is 502. The minimum Gasteiger partial charge on any atom is -0.269 e. The number of rotatable bonds is 5. The Labute approximate surface area is 130 Å². The molecule has 0 radical (unpaired) electrons. The lowest BCUT2D eigenvalue weighted by atomic mass is 10.1. The lowest BCUT2D eigenvalue weighted by molar-refractivity contribution is 0.0987. The fourth-order valence-electron chi connectivity index (χ4n) is 2.60. The van der Waals surface area contributed by atoms with Gasteiger partial charge in [-0.15, -0.1) is 0 Å². The van der Waals surface area contributed by atoms with E-state index in [1.165, 1.54) is 0 Å². The quantitative estimate of drug-likeness (QED) is 0.830. The number of hydroxylamine groups is 1. The smallest absolute Gasteiger partial charge is 0.101 e. The molecular formula is C17H20N2OS. The molecule has 1 fully saturated rings. The van der Waals surface area contributed by atoms with Gasteiger partial charge in [0.2, 0.25) is 0 Å². The molecule has 21 heavy (non-hydrogen) atoms. The fraction of sp³-hybridized carbons (Fsp3) is 0.353. The number of pyridine rings is 1. The van der Waals surface area contributed by atoms with E-state index in [1.807, 2.05) is 53.4 Å². The van der Waals surface area contributed by atoms with Gasteiger partial charge in [-0.3, -0.25) is 9.82 Å². The van der Waals surface area contributed by atoms with Crippen molar-refractivity contribution in [2.24, 2.45) is 0 Å². The average Bonchev–Trinajstić information content (AvgIpc) is 2.99. The SMILES string of the molecule is CCSCC1CC(c2ccccn2)N(c2ccccc2)O1. The number of thioether (sulfide) groups is 1. The Kier molecular flexibility index (Phi) is 4.78. The van der Waals surface area contributed by atoms with E-state index in [0.29, 0.717) is 0 Å². The van der Waals surface area contributed by atoms with Crippen molar-refractivity contribution in [3.05, 3.63) is 60.4 Å². The van der Waals surface area contributed by atoms with Gasteiger partial charge in [0.1, 0.15) is 6.04 Å². The van der Waals surface area contributed by atoms with Crippen LogP contribution < -0.4 is 5.06 Å². The maximum absolute atomic E-state index is 6.19. The van der Waals surface area contributed by atoms with Crippen LogP contribution in [0.15, 0.2) is 54.7 Å². The first kappa shape index (κ1) is 14.4. The molecule has 1 aromatic carbocycles. The third-order valence-electron chi connectivity index (χ3n) is 3.58. The second-order valence-electron chi connectivity index (χ2n) is 5.05. The maximum Gasteiger partial charge on any atom is 0.101 e. The van der Waals surface area contributed by atoms with E-state index in [1.54, 1.807) is 0 Å². The Balaban J connectivity index is 1.84. The maximum atomic E-state index is 6.19. The zero-order chi connectivity index (χ0) is 14.5. The van der Waals surface area contributed by atoms with Crippen molar-refractivity contribution in [1.82, 2.24) is 4.98 Å². The van der Waals surface area contributed by atoms with Crippen molar-refractivity contribution in [2.45, 2.75) is 25.5 Å². The van der Waals surface area contributed by atoms with Crippen LogP contribution in [0.25, 0.3) is 0 Å². The highest BCUT2D eigenvalue weighted by Crippen LogP contribution is 2.37. The van der Waals surface area contributed by atoms with E-state index in [2.05, 4.69) is 30.1 Å². The molecule has 1 aliphatic heterocycles. The van der Waals surface area contributed by atoms with E-state index in [4.69, 9.17) is 4.84 Å². The Morgan fingerprint density at radius 2 is 2.00 bits per heavy atom. The average molecular weight is 300 g/mol. The third kappa shape index (κ3) is 3.39. The van der Waals surface area contributed by atoms with Crippen molar-refractivity contribution in [1.29, 1.82) is 0 Å². The summed E-state index contributed by atoms with van der Waals surface area (Å²) in [6.07, 6.45) is 3.09. The van der Waals surface area contributed by atoms with Gasteiger partial charge < -0.3 is 0 Å². The van der Waals surface area contributed by atoms with Gasteiger partial charge in [0.25, 0.3) is 0 Å². The number of para-hydroxylation sites is 1. The van der Waals surface area contributed by atoms with Crippen LogP contribution >= 0.6 is 11.8 Å². The topological polar surface area (TPSA) is 25.4 Å². The fourth-order valence-corrected chi connectivity index (χ4v) is 3.29. The Morgan fingerprint density at radius 1 is 1.19 bits per heavy atom. The highest BCUT2D eigenvalue weighted by molar-refractivity contribution is 7.99. The van der Waals surface area contributed by atoms with E-state index in [0.717, 1.165) is 29.3 Å². The molecular weight excluding hydrogens is 280 g/mol. The largest absolute Gasteiger partial charge is 0.269 e. The van der Waals surface area contributed by atoms with Crippen molar-refractivity contribution >= 4 is 17.4 Å². The number of hydrogen-bond acceptors (Lipinski definition) is 4. The van der Waals surface area contributed by atoms with E-state index < -0.39 is 0 Å².